The Kier molecular flexibility index (Phi) is 3.92. The maximum absolute atomic E-state index is 13.1. The molecule has 1 fully saturated rings. The molecule has 2 amide bonds. The van der Waals surface area contributed by atoms with E-state index in [0.29, 0.717) is 6.42 Å². The van der Waals surface area contributed by atoms with Crippen LogP contribution in [0, 0.1) is 13.8 Å². The van der Waals surface area contributed by atoms with Gasteiger partial charge in [0.2, 0.25) is 5.91 Å². The molecule has 2 aromatic rings. The fraction of sp³-hybridized carbons (Fsp3) is 0.333. The summed E-state index contributed by atoms with van der Waals surface area (Å²) < 4.78 is 0. The summed E-state index contributed by atoms with van der Waals surface area (Å²) in [6, 6.07) is 14.0. The number of para-hydroxylation sites is 1. The van der Waals surface area contributed by atoms with Crippen LogP contribution in [-0.4, -0.2) is 24.4 Å². The lowest BCUT2D eigenvalue weighted by molar-refractivity contribution is -0.930. The summed E-state index contributed by atoms with van der Waals surface area (Å²) in [6.07, 6.45) is 1.27. The summed E-state index contributed by atoms with van der Waals surface area (Å²) in [5, 5.41) is 0. The van der Waals surface area contributed by atoms with Crippen molar-refractivity contribution in [2.45, 2.75) is 39.3 Å². The Labute approximate surface area is 148 Å². The van der Waals surface area contributed by atoms with Gasteiger partial charge < -0.3 is 4.90 Å². The average molecular weight is 335 g/mol. The lowest BCUT2D eigenvalue weighted by atomic mass is 9.98. The smallest absolute Gasteiger partial charge is 0.292 e. The normalized spacial score (nSPS) is 23.0. The van der Waals surface area contributed by atoms with Crippen LogP contribution >= 0.6 is 0 Å². The SMILES string of the molecule is Cc1cccc(C)c1N1C(=O)C[C@@H]([NH+]2CCc3ccccc3C2)C1=O. The number of hydrogen-bond acceptors (Lipinski definition) is 2. The highest BCUT2D eigenvalue weighted by Gasteiger charge is 2.47. The number of hydrogen-bond donors (Lipinski definition) is 1. The quantitative estimate of drug-likeness (QED) is 0.847. The van der Waals surface area contributed by atoms with E-state index in [2.05, 4.69) is 18.2 Å². The summed E-state index contributed by atoms with van der Waals surface area (Å²) >= 11 is 0. The molecule has 1 saturated heterocycles. The van der Waals surface area contributed by atoms with Gasteiger partial charge in [-0.1, -0.05) is 42.5 Å². The standard InChI is InChI=1S/C21H22N2O2/c1-14-6-5-7-15(2)20(14)23-19(24)12-18(21(23)25)22-11-10-16-8-3-4-9-17(16)13-22/h3-9,18H,10-13H2,1-2H3/p+1/t18-/m1/s1. The van der Waals surface area contributed by atoms with Crippen LogP contribution in [0.15, 0.2) is 42.5 Å². The minimum atomic E-state index is -0.264. The Morgan fingerprint density at radius 1 is 0.960 bits per heavy atom. The first-order chi connectivity index (χ1) is 12.1. The van der Waals surface area contributed by atoms with Crippen LogP contribution in [0.3, 0.4) is 0 Å². The first-order valence-corrected chi connectivity index (χ1v) is 8.90. The number of aryl methyl sites for hydroxylation is 2. The molecule has 1 unspecified atom stereocenters. The summed E-state index contributed by atoms with van der Waals surface area (Å²) in [7, 11) is 0. The Morgan fingerprint density at radius 2 is 1.64 bits per heavy atom. The molecular formula is C21H23N2O2+. The third-order valence-corrected chi connectivity index (χ3v) is 5.55. The van der Waals surface area contributed by atoms with Crippen LogP contribution in [0.2, 0.25) is 0 Å². The number of nitrogens with zero attached hydrogens (tertiary/aromatic N) is 1. The van der Waals surface area contributed by atoms with Crippen molar-refractivity contribution in [3.8, 4) is 0 Å². The van der Waals surface area contributed by atoms with Crippen molar-refractivity contribution in [1.82, 2.24) is 0 Å². The zero-order chi connectivity index (χ0) is 17.6. The minimum Gasteiger partial charge on any atom is -0.320 e. The first-order valence-electron chi connectivity index (χ1n) is 8.90. The molecular weight excluding hydrogens is 312 g/mol. The molecule has 2 atom stereocenters. The number of benzene rings is 2. The number of amides is 2. The highest BCUT2D eigenvalue weighted by Crippen LogP contribution is 2.29. The molecule has 4 nitrogen and oxygen atoms in total. The van der Waals surface area contributed by atoms with Gasteiger partial charge >= 0.3 is 0 Å². The molecule has 2 heterocycles. The number of nitrogens with one attached hydrogen (secondary N) is 1. The van der Waals surface area contributed by atoms with E-state index in [1.165, 1.54) is 20.9 Å². The molecule has 25 heavy (non-hydrogen) atoms. The number of carbonyl (C=O) groups is 2. The Bertz CT molecular complexity index is 838. The Hall–Kier alpha value is -2.46. The lowest BCUT2D eigenvalue weighted by Crippen LogP contribution is -3.16. The van der Waals surface area contributed by atoms with Gasteiger partial charge in [-0.2, -0.15) is 0 Å². The second kappa shape index (κ2) is 6.12. The van der Waals surface area contributed by atoms with E-state index < -0.39 is 0 Å². The molecule has 2 aliphatic heterocycles. The Balaban J connectivity index is 1.62. The molecule has 0 saturated carbocycles. The van der Waals surface area contributed by atoms with Crippen molar-refractivity contribution < 1.29 is 14.5 Å². The van der Waals surface area contributed by atoms with E-state index >= 15 is 0 Å². The zero-order valence-corrected chi connectivity index (χ0v) is 14.7. The molecule has 0 bridgehead atoms. The van der Waals surface area contributed by atoms with Crippen LogP contribution in [0.25, 0.3) is 0 Å². The van der Waals surface area contributed by atoms with Gasteiger partial charge in [-0.3, -0.25) is 9.59 Å². The summed E-state index contributed by atoms with van der Waals surface area (Å²) in [4.78, 5) is 28.4. The average Bonchev–Trinajstić information content (AvgIpc) is 2.90. The van der Waals surface area contributed by atoms with E-state index in [4.69, 9.17) is 0 Å². The highest BCUT2D eigenvalue weighted by molar-refractivity contribution is 6.22. The summed E-state index contributed by atoms with van der Waals surface area (Å²) in [5.74, 6) is -0.115. The maximum Gasteiger partial charge on any atom is 0.292 e. The molecule has 2 aliphatic rings. The third kappa shape index (κ3) is 2.67. The van der Waals surface area contributed by atoms with E-state index in [1.54, 1.807) is 0 Å². The predicted molar refractivity (Wildman–Crippen MR) is 96.5 cm³/mol. The topological polar surface area (TPSA) is 41.8 Å². The molecule has 0 aliphatic carbocycles. The molecule has 0 radical (unpaired) electrons. The van der Waals surface area contributed by atoms with Crippen molar-refractivity contribution in [2.24, 2.45) is 0 Å². The van der Waals surface area contributed by atoms with Crippen molar-refractivity contribution in [3.63, 3.8) is 0 Å². The molecule has 2 aromatic carbocycles. The molecule has 4 heteroatoms. The van der Waals surface area contributed by atoms with Crippen LogP contribution in [-0.2, 0) is 22.6 Å². The zero-order valence-electron chi connectivity index (χ0n) is 14.7. The number of carbonyl (C=O) groups excluding carboxylic acids is 2. The van der Waals surface area contributed by atoms with Crippen molar-refractivity contribution in [2.75, 3.05) is 11.4 Å². The highest BCUT2D eigenvalue weighted by atomic mass is 16.2. The van der Waals surface area contributed by atoms with Gasteiger partial charge in [0.1, 0.15) is 6.54 Å². The second-order valence-electron chi connectivity index (χ2n) is 7.17. The second-order valence-corrected chi connectivity index (χ2v) is 7.17. The van der Waals surface area contributed by atoms with E-state index in [0.717, 1.165) is 36.3 Å². The fourth-order valence-electron chi connectivity index (χ4n) is 4.24. The molecule has 1 N–H and O–H groups in total. The number of quaternary nitrogens is 1. The van der Waals surface area contributed by atoms with E-state index in [9.17, 15) is 9.59 Å². The fourth-order valence-corrected chi connectivity index (χ4v) is 4.24. The van der Waals surface area contributed by atoms with Crippen molar-refractivity contribution in [3.05, 3.63) is 64.7 Å². The van der Waals surface area contributed by atoms with Gasteiger partial charge in [0, 0.05) is 12.0 Å². The van der Waals surface area contributed by atoms with Crippen LogP contribution in [0.4, 0.5) is 5.69 Å². The van der Waals surface area contributed by atoms with Gasteiger partial charge in [-0.25, -0.2) is 4.90 Å². The van der Waals surface area contributed by atoms with Gasteiger partial charge in [-0.05, 0) is 30.5 Å². The Morgan fingerprint density at radius 3 is 2.36 bits per heavy atom. The summed E-state index contributed by atoms with van der Waals surface area (Å²) in [5.41, 5.74) is 5.39. The van der Waals surface area contributed by atoms with Crippen LogP contribution in [0.1, 0.15) is 28.7 Å². The minimum absolute atomic E-state index is 0.0446. The number of anilines is 1. The van der Waals surface area contributed by atoms with E-state index in [1.807, 2.05) is 38.1 Å². The molecule has 128 valence electrons. The maximum atomic E-state index is 13.1. The number of imide groups is 1. The molecule has 0 spiro atoms. The largest absolute Gasteiger partial charge is 0.320 e. The number of rotatable bonds is 2. The van der Waals surface area contributed by atoms with E-state index in [-0.39, 0.29) is 17.9 Å². The first kappa shape index (κ1) is 16.0. The molecule has 4 rings (SSSR count). The molecule has 0 aromatic heterocycles. The lowest BCUT2D eigenvalue weighted by Gasteiger charge is -2.29. The number of fused-ring (bicyclic) bond motifs is 1. The van der Waals surface area contributed by atoms with Gasteiger partial charge in [0.25, 0.3) is 5.91 Å². The van der Waals surface area contributed by atoms with Gasteiger partial charge in [0.15, 0.2) is 6.04 Å². The van der Waals surface area contributed by atoms with Crippen molar-refractivity contribution in [1.29, 1.82) is 0 Å². The summed E-state index contributed by atoms with van der Waals surface area (Å²) in [6.45, 7) is 5.64. The monoisotopic (exact) mass is 335 g/mol. The van der Waals surface area contributed by atoms with Crippen molar-refractivity contribution >= 4 is 17.5 Å². The van der Waals surface area contributed by atoms with Crippen LogP contribution < -0.4 is 9.80 Å². The predicted octanol–water partition coefficient (Wildman–Crippen LogP) is 1.58. The van der Waals surface area contributed by atoms with Gasteiger partial charge in [-0.15, -0.1) is 0 Å². The van der Waals surface area contributed by atoms with Crippen LogP contribution in [0.5, 0.6) is 0 Å². The third-order valence-electron chi connectivity index (χ3n) is 5.55. The van der Waals surface area contributed by atoms with Gasteiger partial charge in [0.05, 0.1) is 18.7 Å².